The number of hydrogen-bond donors (Lipinski definition) is 2. The van der Waals surface area contributed by atoms with E-state index >= 15 is 0 Å². The molecule has 0 spiro atoms. The Morgan fingerprint density at radius 1 is 1.56 bits per heavy atom. The van der Waals surface area contributed by atoms with Crippen molar-refractivity contribution >= 4 is 5.91 Å². The molecule has 0 bridgehead atoms. The quantitative estimate of drug-likeness (QED) is 0.808. The topological polar surface area (TPSA) is 71.5 Å². The van der Waals surface area contributed by atoms with Gasteiger partial charge in [0.25, 0.3) is 0 Å². The Morgan fingerprint density at radius 2 is 2.44 bits per heavy atom. The van der Waals surface area contributed by atoms with E-state index in [0.717, 1.165) is 25.1 Å². The van der Waals surface area contributed by atoms with Gasteiger partial charge in [0.15, 0.2) is 0 Å². The van der Waals surface area contributed by atoms with Crippen LogP contribution in [0.1, 0.15) is 25.0 Å². The molecule has 100 valence electrons. The second-order valence-electron chi connectivity index (χ2n) is 4.71. The highest BCUT2D eigenvalue weighted by Crippen LogP contribution is 2.15. The van der Waals surface area contributed by atoms with Crippen molar-refractivity contribution < 1.29 is 9.21 Å². The lowest BCUT2D eigenvalue weighted by atomic mass is 10.0. The van der Waals surface area contributed by atoms with E-state index in [9.17, 15) is 4.79 Å². The van der Waals surface area contributed by atoms with Crippen LogP contribution in [-0.2, 0) is 11.3 Å². The molecule has 0 radical (unpaired) electrons. The highest BCUT2D eigenvalue weighted by Gasteiger charge is 2.22. The van der Waals surface area contributed by atoms with E-state index < -0.39 is 0 Å². The van der Waals surface area contributed by atoms with Gasteiger partial charge in [-0.2, -0.15) is 0 Å². The average Bonchev–Trinajstić information content (AvgIpc) is 2.90. The predicted octanol–water partition coefficient (Wildman–Crippen LogP) is 0.709. The first-order chi connectivity index (χ1) is 8.79. The van der Waals surface area contributed by atoms with Gasteiger partial charge in [0.2, 0.25) is 5.91 Å². The maximum Gasteiger partial charge on any atom is 0.234 e. The van der Waals surface area contributed by atoms with Gasteiger partial charge in [0.1, 0.15) is 5.76 Å². The number of piperidine rings is 1. The summed E-state index contributed by atoms with van der Waals surface area (Å²) in [6, 6.07) is 4.02. The second-order valence-corrected chi connectivity index (χ2v) is 4.71. The summed E-state index contributed by atoms with van der Waals surface area (Å²) in [6.07, 6.45) is 5.08. The maximum absolute atomic E-state index is 11.8. The molecule has 2 rings (SSSR count). The zero-order valence-electron chi connectivity index (χ0n) is 10.6. The van der Waals surface area contributed by atoms with Crippen molar-refractivity contribution in [1.82, 2.24) is 10.2 Å². The number of nitrogens with two attached hydrogens (primary N) is 1. The molecule has 1 unspecified atom stereocenters. The van der Waals surface area contributed by atoms with Gasteiger partial charge >= 0.3 is 0 Å². The molecule has 1 aromatic rings. The molecule has 5 nitrogen and oxygen atoms in total. The van der Waals surface area contributed by atoms with Crippen molar-refractivity contribution in [3.8, 4) is 0 Å². The molecule has 0 aromatic carbocycles. The molecule has 3 N–H and O–H groups in total. The normalized spacial score (nSPS) is 20.8. The Kier molecular flexibility index (Phi) is 4.78. The Balaban J connectivity index is 1.75. The number of nitrogens with zero attached hydrogens (tertiary/aromatic N) is 1. The van der Waals surface area contributed by atoms with E-state index in [1.807, 2.05) is 12.1 Å². The van der Waals surface area contributed by atoms with Crippen molar-refractivity contribution in [1.29, 1.82) is 0 Å². The van der Waals surface area contributed by atoms with Crippen LogP contribution in [0.3, 0.4) is 0 Å². The van der Waals surface area contributed by atoms with Crippen LogP contribution in [-0.4, -0.2) is 36.5 Å². The fraction of sp³-hybridized carbons (Fsp3) is 0.615. The number of carbonyl (C=O) groups is 1. The fourth-order valence-electron chi connectivity index (χ4n) is 2.37. The highest BCUT2D eigenvalue weighted by atomic mass is 16.3. The molecule has 5 heteroatoms. The minimum absolute atomic E-state index is 0.0340. The fourth-order valence-corrected chi connectivity index (χ4v) is 2.37. The molecule has 1 fully saturated rings. The third-order valence-corrected chi connectivity index (χ3v) is 3.41. The molecular formula is C13H21N3O2. The van der Waals surface area contributed by atoms with Crippen molar-refractivity contribution in [2.75, 3.05) is 19.6 Å². The molecule has 2 heterocycles. The SMILES string of the molecule is NCC1CCCCN1CC(=O)NCc1ccco1. The van der Waals surface area contributed by atoms with Gasteiger partial charge < -0.3 is 15.5 Å². The second kappa shape index (κ2) is 6.56. The van der Waals surface area contributed by atoms with E-state index in [1.54, 1.807) is 6.26 Å². The van der Waals surface area contributed by atoms with Crippen LogP contribution >= 0.6 is 0 Å². The van der Waals surface area contributed by atoms with Crippen LogP contribution in [0, 0.1) is 0 Å². The zero-order valence-corrected chi connectivity index (χ0v) is 10.6. The zero-order chi connectivity index (χ0) is 12.8. The summed E-state index contributed by atoms with van der Waals surface area (Å²) in [4.78, 5) is 14.0. The van der Waals surface area contributed by atoms with E-state index in [1.165, 1.54) is 6.42 Å². The van der Waals surface area contributed by atoms with E-state index in [4.69, 9.17) is 10.2 Å². The number of amides is 1. The van der Waals surface area contributed by atoms with Gasteiger partial charge in [-0.3, -0.25) is 9.69 Å². The Morgan fingerprint density at radius 3 is 3.17 bits per heavy atom. The molecule has 1 amide bonds. The summed E-state index contributed by atoms with van der Waals surface area (Å²) in [5.74, 6) is 0.809. The molecular weight excluding hydrogens is 230 g/mol. The summed E-state index contributed by atoms with van der Waals surface area (Å²) in [5, 5.41) is 2.86. The van der Waals surface area contributed by atoms with E-state index in [0.29, 0.717) is 25.7 Å². The molecule has 18 heavy (non-hydrogen) atoms. The minimum Gasteiger partial charge on any atom is -0.467 e. The maximum atomic E-state index is 11.8. The van der Waals surface area contributed by atoms with Gasteiger partial charge in [-0.15, -0.1) is 0 Å². The molecule has 0 aliphatic carbocycles. The third-order valence-electron chi connectivity index (χ3n) is 3.41. The molecule has 1 saturated heterocycles. The first kappa shape index (κ1) is 13.1. The lowest BCUT2D eigenvalue weighted by Gasteiger charge is -2.34. The first-order valence-electron chi connectivity index (χ1n) is 6.53. The van der Waals surface area contributed by atoms with E-state index in [2.05, 4.69) is 10.2 Å². The van der Waals surface area contributed by atoms with Crippen LogP contribution in [0.2, 0.25) is 0 Å². The van der Waals surface area contributed by atoms with Crippen molar-refractivity contribution in [2.45, 2.75) is 31.8 Å². The van der Waals surface area contributed by atoms with Crippen LogP contribution in [0.5, 0.6) is 0 Å². The minimum atomic E-state index is 0.0340. The van der Waals surface area contributed by atoms with E-state index in [-0.39, 0.29) is 5.91 Å². The third kappa shape index (κ3) is 3.58. The lowest BCUT2D eigenvalue weighted by molar-refractivity contribution is -0.123. The lowest BCUT2D eigenvalue weighted by Crippen LogP contribution is -2.48. The first-order valence-corrected chi connectivity index (χ1v) is 6.53. The van der Waals surface area contributed by atoms with Gasteiger partial charge in [-0.25, -0.2) is 0 Å². The van der Waals surface area contributed by atoms with Crippen LogP contribution < -0.4 is 11.1 Å². The average molecular weight is 251 g/mol. The molecule has 1 atom stereocenters. The number of hydrogen-bond acceptors (Lipinski definition) is 4. The summed E-state index contributed by atoms with van der Waals surface area (Å²) >= 11 is 0. The molecule has 0 saturated carbocycles. The number of likely N-dealkylation sites (tertiary alicyclic amines) is 1. The van der Waals surface area contributed by atoms with Crippen LogP contribution in [0.4, 0.5) is 0 Å². The summed E-state index contributed by atoms with van der Waals surface area (Å²) in [6.45, 7) is 2.48. The van der Waals surface area contributed by atoms with Gasteiger partial charge in [0, 0.05) is 12.6 Å². The van der Waals surface area contributed by atoms with Crippen LogP contribution in [0.25, 0.3) is 0 Å². The van der Waals surface area contributed by atoms with Crippen molar-refractivity contribution in [3.05, 3.63) is 24.2 Å². The largest absolute Gasteiger partial charge is 0.467 e. The van der Waals surface area contributed by atoms with Gasteiger partial charge in [-0.05, 0) is 31.5 Å². The summed E-state index contributed by atoms with van der Waals surface area (Å²) < 4.78 is 5.17. The monoisotopic (exact) mass is 251 g/mol. The standard InChI is InChI=1S/C13H21N3O2/c14-8-11-4-1-2-6-16(11)10-13(17)15-9-12-5-3-7-18-12/h3,5,7,11H,1-2,4,6,8-10,14H2,(H,15,17). The van der Waals surface area contributed by atoms with Crippen molar-refractivity contribution in [2.24, 2.45) is 5.73 Å². The summed E-state index contributed by atoms with van der Waals surface area (Å²) in [5.41, 5.74) is 5.73. The molecule has 1 aliphatic heterocycles. The van der Waals surface area contributed by atoms with Crippen molar-refractivity contribution in [3.63, 3.8) is 0 Å². The molecule has 1 aliphatic rings. The molecule has 1 aromatic heterocycles. The number of rotatable bonds is 5. The van der Waals surface area contributed by atoms with Gasteiger partial charge in [0.05, 0.1) is 19.4 Å². The Labute approximate surface area is 107 Å². The number of carbonyl (C=O) groups excluding carboxylic acids is 1. The smallest absolute Gasteiger partial charge is 0.234 e. The Hall–Kier alpha value is -1.33. The highest BCUT2D eigenvalue weighted by molar-refractivity contribution is 5.78. The number of furan rings is 1. The Bertz CT molecular complexity index is 364. The van der Waals surface area contributed by atoms with Gasteiger partial charge in [-0.1, -0.05) is 6.42 Å². The number of nitrogens with one attached hydrogen (secondary N) is 1. The summed E-state index contributed by atoms with van der Waals surface area (Å²) in [7, 11) is 0. The predicted molar refractivity (Wildman–Crippen MR) is 68.8 cm³/mol. The van der Waals surface area contributed by atoms with Crippen LogP contribution in [0.15, 0.2) is 22.8 Å².